The van der Waals surface area contributed by atoms with Crippen LogP contribution < -0.4 is 14.9 Å². The molecule has 14 heavy (non-hydrogen) atoms. The van der Waals surface area contributed by atoms with Crippen molar-refractivity contribution < 1.29 is 23.9 Å². The van der Waals surface area contributed by atoms with E-state index in [0.29, 0.717) is 0 Å². The lowest BCUT2D eigenvalue weighted by Crippen LogP contribution is -2.34. The van der Waals surface area contributed by atoms with Crippen LogP contribution in [0.4, 0.5) is 4.39 Å². The number of halogens is 1. The minimum Gasteiger partial charge on any atom is -0.497 e. The maximum atomic E-state index is 13.4. The van der Waals surface area contributed by atoms with Crippen molar-refractivity contribution in [3.63, 3.8) is 0 Å². The first-order valence-electron chi connectivity index (χ1n) is 3.88. The molecular formula is C8H10BFO4. The van der Waals surface area contributed by atoms with E-state index in [1.54, 1.807) is 0 Å². The van der Waals surface area contributed by atoms with Gasteiger partial charge in [0, 0.05) is 0 Å². The Bertz CT molecular complexity index is 329. The van der Waals surface area contributed by atoms with E-state index < -0.39 is 12.9 Å². The Hall–Kier alpha value is -1.27. The first-order valence-corrected chi connectivity index (χ1v) is 3.88. The molecule has 0 fully saturated rings. The van der Waals surface area contributed by atoms with Crippen molar-refractivity contribution in [2.45, 2.75) is 0 Å². The highest BCUT2D eigenvalue weighted by Crippen LogP contribution is 2.20. The molecule has 1 aromatic carbocycles. The Balaban J connectivity index is 3.31. The molecule has 0 heterocycles. The van der Waals surface area contributed by atoms with Crippen LogP contribution in [-0.4, -0.2) is 31.4 Å². The average molecular weight is 200 g/mol. The highest BCUT2D eigenvalue weighted by atomic mass is 19.1. The first kappa shape index (κ1) is 10.8. The van der Waals surface area contributed by atoms with E-state index in [0.717, 1.165) is 0 Å². The number of hydrogen-bond donors (Lipinski definition) is 2. The fourth-order valence-corrected chi connectivity index (χ4v) is 1.13. The molecule has 0 radical (unpaired) electrons. The van der Waals surface area contributed by atoms with Crippen molar-refractivity contribution in [1.29, 1.82) is 0 Å². The fraction of sp³-hybridized carbons (Fsp3) is 0.250. The molecule has 0 aromatic heterocycles. The SMILES string of the molecule is COc1ccc(OC)c(B(O)O)c1F. The zero-order valence-corrected chi connectivity index (χ0v) is 7.82. The van der Waals surface area contributed by atoms with E-state index >= 15 is 0 Å². The zero-order chi connectivity index (χ0) is 10.7. The van der Waals surface area contributed by atoms with Crippen LogP contribution in [0.2, 0.25) is 0 Å². The van der Waals surface area contributed by atoms with Gasteiger partial charge in [-0.25, -0.2) is 4.39 Å². The Morgan fingerprint density at radius 3 is 2.07 bits per heavy atom. The fourth-order valence-electron chi connectivity index (χ4n) is 1.13. The Kier molecular flexibility index (Phi) is 3.32. The summed E-state index contributed by atoms with van der Waals surface area (Å²) < 4.78 is 22.9. The lowest BCUT2D eigenvalue weighted by Gasteiger charge is -2.11. The van der Waals surface area contributed by atoms with Crippen LogP contribution >= 0.6 is 0 Å². The predicted octanol–water partition coefficient (Wildman–Crippen LogP) is -0.477. The summed E-state index contributed by atoms with van der Waals surface area (Å²) in [4.78, 5) is 0. The van der Waals surface area contributed by atoms with E-state index in [4.69, 9.17) is 14.8 Å². The minimum atomic E-state index is -1.93. The molecule has 1 rings (SSSR count). The van der Waals surface area contributed by atoms with Crippen molar-refractivity contribution >= 4 is 12.6 Å². The molecule has 0 amide bonds. The number of ether oxygens (including phenoxy) is 2. The second-order valence-electron chi connectivity index (χ2n) is 2.57. The van der Waals surface area contributed by atoms with Gasteiger partial charge in [0.1, 0.15) is 5.75 Å². The van der Waals surface area contributed by atoms with Crippen molar-refractivity contribution in [3.05, 3.63) is 17.9 Å². The van der Waals surface area contributed by atoms with Gasteiger partial charge in [0.2, 0.25) is 0 Å². The minimum absolute atomic E-state index is 0.0612. The van der Waals surface area contributed by atoms with E-state index in [2.05, 4.69) is 4.74 Å². The molecule has 6 heteroatoms. The van der Waals surface area contributed by atoms with Crippen molar-refractivity contribution in [3.8, 4) is 11.5 Å². The van der Waals surface area contributed by atoms with Crippen LogP contribution in [0.5, 0.6) is 11.5 Å². The lowest BCUT2D eigenvalue weighted by atomic mass is 9.79. The summed E-state index contributed by atoms with van der Waals surface area (Å²) in [5.41, 5.74) is -0.327. The zero-order valence-electron chi connectivity index (χ0n) is 7.82. The summed E-state index contributed by atoms with van der Waals surface area (Å²) in [5.74, 6) is -0.825. The number of rotatable bonds is 3. The van der Waals surface area contributed by atoms with Crippen LogP contribution in [0.15, 0.2) is 12.1 Å². The third kappa shape index (κ3) is 1.81. The quantitative estimate of drug-likeness (QED) is 0.647. The summed E-state index contributed by atoms with van der Waals surface area (Å²) in [7, 11) is 0.672. The topological polar surface area (TPSA) is 58.9 Å². The van der Waals surface area contributed by atoms with Gasteiger partial charge < -0.3 is 19.5 Å². The molecule has 0 unspecified atom stereocenters. The summed E-state index contributed by atoms with van der Waals surface area (Å²) in [5, 5.41) is 17.8. The molecule has 0 aliphatic heterocycles. The molecule has 0 saturated heterocycles. The van der Waals surface area contributed by atoms with Crippen LogP contribution in [-0.2, 0) is 0 Å². The highest BCUT2D eigenvalue weighted by molar-refractivity contribution is 6.60. The van der Waals surface area contributed by atoms with E-state index in [-0.39, 0.29) is 17.0 Å². The van der Waals surface area contributed by atoms with Gasteiger partial charge in [-0.2, -0.15) is 0 Å². The van der Waals surface area contributed by atoms with Gasteiger partial charge in [-0.15, -0.1) is 0 Å². The third-order valence-electron chi connectivity index (χ3n) is 1.80. The normalized spacial score (nSPS) is 9.79. The van der Waals surface area contributed by atoms with Gasteiger partial charge >= 0.3 is 7.12 Å². The van der Waals surface area contributed by atoms with Gasteiger partial charge in [-0.1, -0.05) is 0 Å². The summed E-state index contributed by atoms with van der Waals surface area (Å²) >= 11 is 0. The van der Waals surface area contributed by atoms with Crippen molar-refractivity contribution in [1.82, 2.24) is 0 Å². The van der Waals surface area contributed by atoms with Crippen molar-refractivity contribution in [2.75, 3.05) is 14.2 Å². The molecule has 0 atom stereocenters. The predicted molar refractivity (Wildman–Crippen MR) is 49.3 cm³/mol. The smallest absolute Gasteiger partial charge is 0.495 e. The van der Waals surface area contributed by atoms with Crippen LogP contribution in [0.1, 0.15) is 0 Å². The molecule has 0 aliphatic rings. The molecule has 0 saturated carbocycles. The third-order valence-corrected chi connectivity index (χ3v) is 1.80. The summed E-state index contributed by atoms with van der Waals surface area (Å²) in [6.45, 7) is 0. The Morgan fingerprint density at radius 2 is 1.64 bits per heavy atom. The van der Waals surface area contributed by atoms with Crippen LogP contribution in [0.3, 0.4) is 0 Å². The molecule has 0 bridgehead atoms. The van der Waals surface area contributed by atoms with E-state index in [1.165, 1.54) is 26.4 Å². The van der Waals surface area contributed by atoms with Crippen molar-refractivity contribution in [2.24, 2.45) is 0 Å². The monoisotopic (exact) mass is 200 g/mol. The second-order valence-corrected chi connectivity index (χ2v) is 2.57. The van der Waals surface area contributed by atoms with Gasteiger partial charge in [0.15, 0.2) is 11.6 Å². The van der Waals surface area contributed by atoms with Gasteiger partial charge in [0.05, 0.1) is 19.7 Å². The van der Waals surface area contributed by atoms with E-state index in [9.17, 15) is 4.39 Å². The number of hydrogen-bond acceptors (Lipinski definition) is 4. The molecule has 1 aromatic rings. The number of benzene rings is 1. The summed E-state index contributed by atoms with van der Waals surface area (Å²) in [6.07, 6.45) is 0. The average Bonchev–Trinajstić information content (AvgIpc) is 2.16. The molecule has 0 spiro atoms. The maximum absolute atomic E-state index is 13.4. The second kappa shape index (κ2) is 4.30. The maximum Gasteiger partial charge on any atom is 0.495 e. The van der Waals surface area contributed by atoms with Gasteiger partial charge in [-0.05, 0) is 12.1 Å². The Labute approximate surface area is 81.0 Å². The first-order chi connectivity index (χ1) is 6.61. The molecule has 76 valence electrons. The van der Waals surface area contributed by atoms with Crippen LogP contribution in [0.25, 0.3) is 0 Å². The molecule has 0 aliphatic carbocycles. The lowest BCUT2D eigenvalue weighted by molar-refractivity contribution is 0.373. The molecule has 2 N–H and O–H groups in total. The van der Waals surface area contributed by atoms with E-state index in [1.807, 2.05) is 0 Å². The highest BCUT2D eigenvalue weighted by Gasteiger charge is 2.24. The Morgan fingerprint density at radius 1 is 1.14 bits per heavy atom. The standard InChI is InChI=1S/C8H10BFO4/c1-13-5-3-4-6(14-2)8(10)7(5)9(11)12/h3-4,11-12H,1-2H3. The van der Waals surface area contributed by atoms with Gasteiger partial charge in [0.25, 0.3) is 0 Å². The largest absolute Gasteiger partial charge is 0.497 e. The molecule has 4 nitrogen and oxygen atoms in total. The van der Waals surface area contributed by atoms with Crippen LogP contribution in [0, 0.1) is 5.82 Å². The van der Waals surface area contributed by atoms with Gasteiger partial charge in [-0.3, -0.25) is 0 Å². The summed E-state index contributed by atoms with van der Waals surface area (Å²) in [6, 6.07) is 2.75. The molecular weight excluding hydrogens is 190 g/mol. The number of methoxy groups -OCH3 is 2.